The van der Waals surface area contributed by atoms with Crippen LogP contribution in [0.25, 0.3) is 5.69 Å². The SMILES string of the molecule is COc1cc(NC(=O)NCc2cc(C(F)(F)F)nn2-c2cccc(F)c2)ccc1C(N)S(C)(=O)=O. The van der Waals surface area contributed by atoms with E-state index < -0.39 is 38.9 Å². The van der Waals surface area contributed by atoms with E-state index in [0.29, 0.717) is 0 Å². The van der Waals surface area contributed by atoms with Crippen LogP contribution in [0.1, 0.15) is 22.3 Å². The summed E-state index contributed by atoms with van der Waals surface area (Å²) in [6.07, 6.45) is -3.78. The zero-order chi connectivity index (χ0) is 26.0. The number of carbonyl (C=O) groups excluding carboxylic acids is 1. The summed E-state index contributed by atoms with van der Waals surface area (Å²) in [5, 5.41) is 7.03. The second kappa shape index (κ2) is 9.92. The number of hydrogen-bond acceptors (Lipinski definition) is 6. The molecular weight excluding hydrogens is 494 g/mol. The number of benzene rings is 2. The molecule has 2 amide bonds. The number of carbonyl (C=O) groups is 1. The quantitative estimate of drug-likeness (QED) is 0.414. The summed E-state index contributed by atoms with van der Waals surface area (Å²) in [4.78, 5) is 12.4. The number of alkyl halides is 3. The van der Waals surface area contributed by atoms with E-state index in [1.807, 2.05) is 0 Å². The van der Waals surface area contributed by atoms with Crippen molar-refractivity contribution in [2.24, 2.45) is 5.73 Å². The fourth-order valence-electron chi connectivity index (χ4n) is 3.12. The Morgan fingerprint density at radius 3 is 2.51 bits per heavy atom. The lowest BCUT2D eigenvalue weighted by molar-refractivity contribution is -0.141. The van der Waals surface area contributed by atoms with Gasteiger partial charge in [0.1, 0.15) is 16.9 Å². The van der Waals surface area contributed by atoms with Crippen molar-refractivity contribution in [3.8, 4) is 11.4 Å². The molecular formula is C21H21F4N5O4S. The van der Waals surface area contributed by atoms with E-state index in [4.69, 9.17) is 10.5 Å². The van der Waals surface area contributed by atoms with Gasteiger partial charge in [-0.3, -0.25) is 0 Å². The van der Waals surface area contributed by atoms with E-state index in [9.17, 15) is 30.8 Å². The molecule has 9 nitrogen and oxygen atoms in total. The number of ether oxygens (including phenoxy) is 1. The zero-order valence-electron chi connectivity index (χ0n) is 18.4. The Morgan fingerprint density at radius 2 is 1.91 bits per heavy atom. The minimum absolute atomic E-state index is 0.0419. The van der Waals surface area contributed by atoms with Crippen LogP contribution in [0.4, 0.5) is 28.0 Å². The van der Waals surface area contributed by atoms with E-state index >= 15 is 0 Å². The van der Waals surface area contributed by atoms with Gasteiger partial charge < -0.3 is 21.1 Å². The molecule has 0 saturated carbocycles. The molecule has 3 aromatic rings. The topological polar surface area (TPSA) is 128 Å². The van der Waals surface area contributed by atoms with Crippen molar-refractivity contribution >= 4 is 21.6 Å². The first kappa shape index (κ1) is 26.0. The lowest BCUT2D eigenvalue weighted by atomic mass is 10.2. The molecule has 0 aliphatic rings. The van der Waals surface area contributed by atoms with Gasteiger partial charge in [-0.25, -0.2) is 22.3 Å². The molecule has 1 heterocycles. The molecule has 0 bridgehead atoms. The van der Waals surface area contributed by atoms with Crippen molar-refractivity contribution in [3.63, 3.8) is 0 Å². The van der Waals surface area contributed by atoms with Crippen LogP contribution in [0.2, 0.25) is 0 Å². The summed E-state index contributed by atoms with van der Waals surface area (Å²) >= 11 is 0. The molecule has 188 valence electrons. The van der Waals surface area contributed by atoms with Gasteiger partial charge in [-0.05, 0) is 30.3 Å². The predicted octanol–water partition coefficient (Wildman–Crippen LogP) is 3.36. The summed E-state index contributed by atoms with van der Waals surface area (Å²) < 4.78 is 82.7. The normalized spacial score (nSPS) is 12.8. The molecule has 4 N–H and O–H groups in total. The number of sulfone groups is 1. The average Bonchev–Trinajstić information content (AvgIpc) is 3.21. The van der Waals surface area contributed by atoms with Crippen LogP contribution in [0, 0.1) is 5.82 Å². The molecule has 14 heteroatoms. The number of rotatable bonds is 7. The van der Waals surface area contributed by atoms with E-state index in [1.54, 1.807) is 0 Å². The Bertz CT molecular complexity index is 1340. The smallest absolute Gasteiger partial charge is 0.435 e. The molecule has 0 saturated heterocycles. The molecule has 0 radical (unpaired) electrons. The number of nitrogens with one attached hydrogen (secondary N) is 2. The Balaban J connectivity index is 1.78. The van der Waals surface area contributed by atoms with Crippen molar-refractivity contribution in [2.45, 2.75) is 18.1 Å². The van der Waals surface area contributed by atoms with Crippen LogP contribution < -0.4 is 21.1 Å². The maximum Gasteiger partial charge on any atom is 0.435 e. The molecule has 35 heavy (non-hydrogen) atoms. The Labute approximate surface area is 197 Å². The van der Waals surface area contributed by atoms with Crippen LogP contribution in [0.15, 0.2) is 48.5 Å². The van der Waals surface area contributed by atoms with E-state index in [0.717, 1.165) is 29.1 Å². The van der Waals surface area contributed by atoms with Crippen molar-refractivity contribution in [3.05, 3.63) is 71.3 Å². The highest BCUT2D eigenvalue weighted by Gasteiger charge is 2.35. The lowest BCUT2D eigenvalue weighted by Gasteiger charge is -2.16. The molecule has 1 aromatic heterocycles. The number of amides is 2. The van der Waals surface area contributed by atoms with Crippen molar-refractivity contribution in [1.82, 2.24) is 15.1 Å². The van der Waals surface area contributed by atoms with Gasteiger partial charge in [-0.1, -0.05) is 12.1 Å². The lowest BCUT2D eigenvalue weighted by Crippen LogP contribution is -2.29. The number of hydrogen-bond donors (Lipinski definition) is 3. The maximum atomic E-state index is 13.6. The van der Waals surface area contributed by atoms with Gasteiger partial charge in [0.25, 0.3) is 0 Å². The standard InChI is InChI=1S/C21H21F4N5O4S/c1-34-17-9-13(6-7-16(17)19(26)35(2,32)33)28-20(31)27-11-15-10-18(21(23,24)25)29-30(15)14-5-3-4-12(22)8-14/h3-10,19H,11,26H2,1-2H3,(H2,27,28,31). The summed E-state index contributed by atoms with van der Waals surface area (Å²) in [6, 6.07) is 8.89. The number of methoxy groups -OCH3 is 1. The highest BCUT2D eigenvalue weighted by molar-refractivity contribution is 7.90. The molecule has 0 aliphatic carbocycles. The van der Waals surface area contributed by atoms with Gasteiger partial charge in [0.2, 0.25) is 0 Å². The number of urea groups is 1. The molecule has 2 aromatic carbocycles. The molecule has 0 spiro atoms. The van der Waals surface area contributed by atoms with Gasteiger partial charge >= 0.3 is 12.2 Å². The minimum Gasteiger partial charge on any atom is -0.496 e. The van der Waals surface area contributed by atoms with E-state index in [2.05, 4.69) is 15.7 Å². The summed E-state index contributed by atoms with van der Waals surface area (Å²) in [7, 11) is -2.32. The van der Waals surface area contributed by atoms with Gasteiger partial charge in [0.15, 0.2) is 15.5 Å². The van der Waals surface area contributed by atoms with E-state index in [-0.39, 0.29) is 34.9 Å². The average molecular weight is 515 g/mol. The molecule has 0 aliphatic heterocycles. The van der Waals surface area contributed by atoms with Gasteiger partial charge in [0.05, 0.1) is 25.0 Å². The van der Waals surface area contributed by atoms with Crippen molar-refractivity contribution in [1.29, 1.82) is 0 Å². The third kappa shape index (κ3) is 6.27. The second-order valence-corrected chi connectivity index (χ2v) is 9.59. The molecule has 3 rings (SSSR count). The Kier molecular flexibility index (Phi) is 7.36. The van der Waals surface area contributed by atoms with Gasteiger partial charge in [-0.15, -0.1) is 0 Å². The van der Waals surface area contributed by atoms with Crippen LogP contribution in [0.5, 0.6) is 5.75 Å². The van der Waals surface area contributed by atoms with Crippen molar-refractivity contribution < 1.29 is 35.5 Å². The number of anilines is 1. The highest BCUT2D eigenvalue weighted by atomic mass is 32.2. The van der Waals surface area contributed by atoms with Gasteiger partial charge in [0, 0.05) is 23.6 Å². The number of nitrogens with two attached hydrogens (primary N) is 1. The second-order valence-electron chi connectivity index (χ2n) is 7.42. The molecule has 0 fully saturated rings. The summed E-state index contributed by atoms with van der Waals surface area (Å²) in [5.74, 6) is -0.559. The number of aromatic nitrogens is 2. The molecule has 1 atom stereocenters. The number of nitrogens with zero attached hydrogens (tertiary/aromatic N) is 2. The monoisotopic (exact) mass is 515 g/mol. The third-order valence-corrected chi connectivity index (χ3v) is 5.99. The largest absolute Gasteiger partial charge is 0.496 e. The predicted molar refractivity (Wildman–Crippen MR) is 119 cm³/mol. The van der Waals surface area contributed by atoms with Crippen LogP contribution in [0.3, 0.4) is 0 Å². The summed E-state index contributed by atoms with van der Waals surface area (Å²) in [5.41, 5.74) is 4.91. The Morgan fingerprint density at radius 1 is 1.20 bits per heavy atom. The van der Waals surface area contributed by atoms with Crippen LogP contribution >= 0.6 is 0 Å². The first-order valence-electron chi connectivity index (χ1n) is 9.89. The molecule has 1 unspecified atom stereocenters. The van der Waals surface area contributed by atoms with Crippen molar-refractivity contribution in [2.75, 3.05) is 18.7 Å². The van der Waals surface area contributed by atoms with E-state index in [1.165, 1.54) is 37.4 Å². The fraction of sp³-hybridized carbons (Fsp3) is 0.238. The minimum atomic E-state index is -4.75. The first-order valence-corrected chi connectivity index (χ1v) is 11.8. The zero-order valence-corrected chi connectivity index (χ0v) is 19.2. The third-order valence-electron chi connectivity index (χ3n) is 4.82. The number of halogens is 4. The Hall–Kier alpha value is -3.65. The van der Waals surface area contributed by atoms with Crippen LogP contribution in [-0.2, 0) is 22.6 Å². The first-order chi connectivity index (χ1) is 16.3. The van der Waals surface area contributed by atoms with Gasteiger partial charge in [-0.2, -0.15) is 18.3 Å². The summed E-state index contributed by atoms with van der Waals surface area (Å²) in [6.45, 7) is -0.375. The highest BCUT2D eigenvalue weighted by Crippen LogP contribution is 2.31. The maximum absolute atomic E-state index is 13.6. The fourth-order valence-corrected chi connectivity index (χ4v) is 3.77. The van der Waals surface area contributed by atoms with Crippen LogP contribution in [-0.4, -0.2) is 37.6 Å².